The predicted octanol–water partition coefficient (Wildman–Crippen LogP) is 2.12. The van der Waals surface area contributed by atoms with E-state index in [-0.39, 0.29) is 34.8 Å². The fraction of sp³-hybridized carbons (Fsp3) is 0.281. The molecule has 3 aromatic rings. The monoisotopic (exact) mass is 659 g/mol. The Morgan fingerprint density at radius 3 is 2.35 bits per heavy atom. The van der Waals surface area contributed by atoms with Crippen molar-refractivity contribution in [2.45, 2.75) is 23.8 Å². The summed E-state index contributed by atoms with van der Waals surface area (Å²) in [6.07, 6.45) is 0.455. The molecule has 3 amide bonds. The van der Waals surface area contributed by atoms with Crippen LogP contribution in [0.3, 0.4) is 0 Å². The zero-order valence-electron chi connectivity index (χ0n) is 24.9. The number of hydrogen-bond donors (Lipinski definition) is 2. The van der Waals surface area contributed by atoms with Gasteiger partial charge in [-0.15, -0.1) is 0 Å². The van der Waals surface area contributed by atoms with Gasteiger partial charge in [-0.2, -0.15) is 0 Å². The molecule has 1 fully saturated rings. The Bertz CT molecular complexity index is 1810. The van der Waals surface area contributed by atoms with Crippen LogP contribution in [-0.4, -0.2) is 91.5 Å². The number of carbonyl (C=O) groups is 3. The number of amides is 3. The van der Waals surface area contributed by atoms with E-state index in [1.54, 1.807) is 17.0 Å². The van der Waals surface area contributed by atoms with Crippen molar-refractivity contribution in [3.05, 3.63) is 90.0 Å². The molecule has 0 saturated carbocycles. The normalized spacial score (nSPS) is 17.6. The van der Waals surface area contributed by atoms with E-state index in [9.17, 15) is 22.8 Å². The number of hydrogen-bond acceptors (Lipinski definition) is 9. The number of sulfonamides is 1. The summed E-state index contributed by atoms with van der Waals surface area (Å²) in [5.74, 6) is -0.256. The fourth-order valence-electron chi connectivity index (χ4n) is 5.55. The molecule has 0 aromatic heterocycles. The van der Waals surface area contributed by atoms with Crippen LogP contribution in [0.1, 0.15) is 17.5 Å². The number of piperazine rings is 1. The number of rotatable bonds is 9. The van der Waals surface area contributed by atoms with Crippen molar-refractivity contribution in [1.29, 1.82) is 0 Å². The van der Waals surface area contributed by atoms with Gasteiger partial charge in [0.2, 0.25) is 21.8 Å². The van der Waals surface area contributed by atoms with E-state index >= 15 is 0 Å². The maximum Gasteiger partial charge on any atom is 0.259 e. The molecule has 0 bridgehead atoms. The van der Waals surface area contributed by atoms with E-state index in [1.807, 2.05) is 42.5 Å². The van der Waals surface area contributed by atoms with Crippen molar-refractivity contribution in [2.24, 2.45) is 15.1 Å². The zero-order chi connectivity index (χ0) is 32.3. The highest BCUT2D eigenvalue weighted by molar-refractivity contribution is 8.14. The van der Waals surface area contributed by atoms with Gasteiger partial charge < -0.3 is 15.1 Å². The minimum atomic E-state index is -3.77. The number of amidine groups is 2. The minimum Gasteiger partial charge on any atom is -0.368 e. The molecule has 0 radical (unpaired) electrons. The van der Waals surface area contributed by atoms with Crippen molar-refractivity contribution in [1.82, 2.24) is 15.1 Å². The number of carbonyl (C=O) groups excluding carboxylic acids is 3. The lowest BCUT2D eigenvalue weighted by Crippen LogP contribution is -2.50. The Kier molecular flexibility index (Phi) is 9.20. The van der Waals surface area contributed by atoms with Crippen LogP contribution in [0.5, 0.6) is 0 Å². The molecule has 46 heavy (non-hydrogen) atoms. The molecule has 3 N–H and O–H groups in total. The highest BCUT2D eigenvalue weighted by Crippen LogP contribution is 2.34. The second-order valence-corrected chi connectivity index (χ2v) is 13.5. The number of benzene rings is 3. The molecule has 238 valence electrons. The van der Waals surface area contributed by atoms with Gasteiger partial charge in [0.25, 0.3) is 5.91 Å². The molecule has 1 atom stereocenters. The van der Waals surface area contributed by atoms with Gasteiger partial charge in [0.15, 0.2) is 5.17 Å². The quantitative estimate of drug-likeness (QED) is 0.356. The van der Waals surface area contributed by atoms with Gasteiger partial charge in [-0.25, -0.2) is 23.4 Å². The fourth-order valence-corrected chi connectivity index (χ4v) is 6.90. The lowest BCUT2D eigenvalue weighted by atomic mass is 10.1. The summed E-state index contributed by atoms with van der Waals surface area (Å²) < 4.78 is 22.9. The molecule has 3 aliphatic rings. The number of primary sulfonamides is 1. The standard InChI is InChI=1S/C32H33N7O5S2/c33-46(43,44)24-12-10-22(11-13-24)14-15-34-28(40)21-45-32-36-26-9-5-4-8-25(26)30-35-27(31(42)39(30)32)20-29(41)38-18-16-37(17-19-38)23-6-2-1-3-7-23/h1-13,27H,14-21H2,(H,34,40)(H2,33,43,44)/t27-/m0/s1. The molecular weight excluding hydrogens is 627 g/mol. The van der Waals surface area contributed by atoms with E-state index in [2.05, 4.69) is 27.3 Å². The first-order valence-corrected chi connectivity index (χ1v) is 17.4. The number of aliphatic imine (C=N–C) groups is 2. The van der Waals surface area contributed by atoms with Crippen molar-refractivity contribution < 1.29 is 22.8 Å². The van der Waals surface area contributed by atoms with Gasteiger partial charge in [0, 0.05) is 44.0 Å². The van der Waals surface area contributed by atoms with Gasteiger partial charge in [-0.1, -0.05) is 54.2 Å². The summed E-state index contributed by atoms with van der Waals surface area (Å²) in [6, 6.07) is 22.7. The number of nitrogens with one attached hydrogen (secondary N) is 1. The molecule has 3 heterocycles. The largest absolute Gasteiger partial charge is 0.368 e. The van der Waals surface area contributed by atoms with Crippen molar-refractivity contribution in [3.8, 4) is 0 Å². The molecule has 0 spiro atoms. The van der Waals surface area contributed by atoms with Crippen molar-refractivity contribution in [2.75, 3.05) is 43.4 Å². The molecule has 14 heteroatoms. The van der Waals surface area contributed by atoms with E-state index in [0.29, 0.717) is 61.4 Å². The molecular formula is C32H33N7O5S2. The number of para-hydroxylation sites is 2. The van der Waals surface area contributed by atoms with Crippen molar-refractivity contribution >= 4 is 61.9 Å². The molecule has 1 saturated heterocycles. The molecule has 0 aliphatic carbocycles. The summed E-state index contributed by atoms with van der Waals surface area (Å²) in [7, 11) is -3.77. The van der Waals surface area contributed by atoms with Gasteiger partial charge in [-0.3, -0.25) is 19.4 Å². The van der Waals surface area contributed by atoms with E-state index < -0.39 is 16.1 Å². The Morgan fingerprint density at radius 2 is 1.63 bits per heavy atom. The number of nitrogens with two attached hydrogens (primary N) is 1. The van der Waals surface area contributed by atoms with Crippen LogP contribution in [0, 0.1) is 0 Å². The topological polar surface area (TPSA) is 158 Å². The third kappa shape index (κ3) is 6.98. The zero-order valence-corrected chi connectivity index (χ0v) is 26.5. The van der Waals surface area contributed by atoms with E-state index in [4.69, 9.17) is 10.1 Å². The number of anilines is 1. The second kappa shape index (κ2) is 13.4. The van der Waals surface area contributed by atoms with E-state index in [1.165, 1.54) is 17.0 Å². The maximum atomic E-state index is 13.7. The minimum absolute atomic E-state index is 0.0116. The van der Waals surface area contributed by atoms with Crippen LogP contribution in [0.4, 0.5) is 11.4 Å². The van der Waals surface area contributed by atoms with Gasteiger partial charge >= 0.3 is 0 Å². The number of nitrogens with zero attached hydrogens (tertiary/aromatic N) is 5. The average Bonchev–Trinajstić information content (AvgIpc) is 3.39. The summed E-state index contributed by atoms with van der Waals surface area (Å²) in [6.45, 7) is 2.89. The third-order valence-corrected chi connectivity index (χ3v) is 9.86. The summed E-state index contributed by atoms with van der Waals surface area (Å²) >= 11 is 1.13. The van der Waals surface area contributed by atoms with Crippen LogP contribution in [-0.2, 0) is 30.8 Å². The number of fused-ring (bicyclic) bond motifs is 3. The third-order valence-electron chi connectivity index (χ3n) is 7.99. The number of thioether (sulfide) groups is 1. The Morgan fingerprint density at radius 1 is 0.935 bits per heavy atom. The van der Waals surface area contributed by atoms with Gasteiger partial charge in [0.05, 0.1) is 22.8 Å². The molecule has 6 rings (SSSR count). The highest BCUT2D eigenvalue weighted by Gasteiger charge is 2.42. The van der Waals surface area contributed by atoms with Crippen LogP contribution in [0.25, 0.3) is 0 Å². The first-order chi connectivity index (χ1) is 22.2. The Hall–Kier alpha value is -4.53. The summed E-state index contributed by atoms with van der Waals surface area (Å²) in [4.78, 5) is 54.5. The SMILES string of the molecule is NS(=O)(=O)c1ccc(CCNC(=O)CSC2=Nc3ccccc3C3=N[C@@H](CC(=O)N4CCN(c5ccccc5)CC4)C(=O)N23)cc1. The van der Waals surface area contributed by atoms with Crippen LogP contribution < -0.4 is 15.4 Å². The first-order valence-electron chi connectivity index (χ1n) is 14.9. The lowest BCUT2D eigenvalue weighted by molar-refractivity contribution is -0.135. The van der Waals surface area contributed by atoms with Crippen LogP contribution in [0.2, 0.25) is 0 Å². The van der Waals surface area contributed by atoms with Crippen molar-refractivity contribution in [3.63, 3.8) is 0 Å². The summed E-state index contributed by atoms with van der Waals surface area (Å²) in [5, 5.41) is 8.32. The molecule has 3 aromatic carbocycles. The predicted molar refractivity (Wildman–Crippen MR) is 178 cm³/mol. The van der Waals surface area contributed by atoms with Crippen LogP contribution >= 0.6 is 11.8 Å². The Labute approximate surface area is 271 Å². The summed E-state index contributed by atoms with van der Waals surface area (Å²) in [5.41, 5.74) is 3.30. The lowest BCUT2D eigenvalue weighted by Gasteiger charge is -2.36. The van der Waals surface area contributed by atoms with E-state index in [0.717, 1.165) is 23.0 Å². The maximum absolute atomic E-state index is 13.7. The highest BCUT2D eigenvalue weighted by atomic mass is 32.2. The second-order valence-electron chi connectivity index (χ2n) is 11.0. The van der Waals surface area contributed by atoms with Gasteiger partial charge in [-0.05, 0) is 48.4 Å². The molecule has 3 aliphatic heterocycles. The van der Waals surface area contributed by atoms with Crippen LogP contribution in [0.15, 0.2) is 93.7 Å². The smallest absolute Gasteiger partial charge is 0.259 e. The van der Waals surface area contributed by atoms with Gasteiger partial charge in [0.1, 0.15) is 11.9 Å². The first kappa shape index (κ1) is 31.5. The molecule has 12 nitrogen and oxygen atoms in total. The average molecular weight is 660 g/mol. The Balaban J connectivity index is 1.05. The molecule has 0 unspecified atom stereocenters.